The molecule has 7 nitrogen and oxygen atoms in total. The van der Waals surface area contributed by atoms with Gasteiger partial charge in [0.25, 0.3) is 0 Å². The van der Waals surface area contributed by atoms with Crippen LogP contribution in [-0.4, -0.2) is 49.0 Å². The number of piperidine rings is 1. The lowest BCUT2D eigenvalue weighted by molar-refractivity contribution is -0.191. The highest BCUT2D eigenvalue weighted by molar-refractivity contribution is 7.22. The molecule has 0 aliphatic carbocycles. The van der Waals surface area contributed by atoms with Gasteiger partial charge in [-0.1, -0.05) is 18.6 Å². The first-order valence-corrected chi connectivity index (χ1v) is 14.0. The maximum absolute atomic E-state index is 13.8. The van der Waals surface area contributed by atoms with Gasteiger partial charge in [0.2, 0.25) is 0 Å². The predicted molar refractivity (Wildman–Crippen MR) is 154 cm³/mol. The molecule has 1 aromatic heterocycles. The molecule has 0 unspecified atom stereocenters. The van der Waals surface area contributed by atoms with E-state index in [0.29, 0.717) is 23.5 Å². The number of carbonyl (C=O) groups is 2. The zero-order chi connectivity index (χ0) is 28.5. The summed E-state index contributed by atoms with van der Waals surface area (Å²) < 4.78 is 12.2. The number of hydrogen-bond acceptors (Lipinski definition) is 8. The van der Waals surface area contributed by atoms with E-state index in [2.05, 4.69) is 17.9 Å². The number of fused-ring (bicyclic) bond motifs is 1. The van der Waals surface area contributed by atoms with Crippen LogP contribution in [0.4, 0.5) is 0 Å². The number of likely N-dealkylation sites (tertiary alicyclic amines) is 1. The molecule has 0 amide bonds. The van der Waals surface area contributed by atoms with Crippen LogP contribution >= 0.6 is 11.3 Å². The lowest BCUT2D eigenvalue weighted by atomic mass is 9.97. The zero-order valence-corrected chi connectivity index (χ0v) is 23.4. The van der Waals surface area contributed by atoms with Crippen LogP contribution in [0, 0.1) is 6.92 Å². The first-order valence-electron chi connectivity index (χ1n) is 13.2. The van der Waals surface area contributed by atoms with E-state index >= 15 is 0 Å². The molecular weight excluding hydrogens is 526 g/mol. The first kappa shape index (κ1) is 28.9. The number of ketones is 1. The van der Waals surface area contributed by atoms with E-state index in [1.807, 2.05) is 48.5 Å². The molecule has 3 aromatic carbocycles. The van der Waals surface area contributed by atoms with E-state index in [9.17, 15) is 9.59 Å². The topological polar surface area (TPSA) is 90.0 Å². The smallest absolute Gasteiger partial charge is 0.373 e. The highest BCUT2D eigenvalue weighted by atomic mass is 32.1. The summed E-state index contributed by atoms with van der Waals surface area (Å²) in [5, 5.41) is 0.946. The summed E-state index contributed by atoms with van der Waals surface area (Å²) in [4.78, 5) is 44.7. The van der Waals surface area contributed by atoms with Crippen LogP contribution in [0.1, 0.15) is 47.7 Å². The maximum atomic E-state index is 13.8. The minimum absolute atomic E-state index is 0.0194. The van der Waals surface area contributed by atoms with Gasteiger partial charge < -0.3 is 9.47 Å². The van der Waals surface area contributed by atoms with E-state index in [-0.39, 0.29) is 17.9 Å². The molecule has 0 radical (unpaired) electrons. The zero-order valence-electron chi connectivity index (χ0n) is 22.6. The van der Waals surface area contributed by atoms with Crippen LogP contribution in [0.3, 0.4) is 0 Å². The fraction of sp³-hybridized carbons (Fsp3) is 0.281. The van der Waals surface area contributed by atoms with Crippen molar-refractivity contribution in [2.45, 2.75) is 33.1 Å². The fourth-order valence-corrected chi connectivity index (χ4v) is 6.10. The number of ether oxygens (including phenoxy) is 2. The number of aryl methyl sites for hydroxylation is 1. The quantitative estimate of drug-likeness (QED) is 0.142. The molecule has 4 aromatic rings. The molecule has 40 heavy (non-hydrogen) atoms. The summed E-state index contributed by atoms with van der Waals surface area (Å²) in [6.07, 6.45) is 4.12. The molecule has 0 atom stereocenters. The molecule has 8 heteroatoms. The van der Waals surface area contributed by atoms with Gasteiger partial charge in [-0.2, -0.15) is 9.59 Å². The van der Waals surface area contributed by atoms with Gasteiger partial charge in [0, 0.05) is 39.6 Å². The van der Waals surface area contributed by atoms with Crippen LogP contribution in [0.15, 0.2) is 66.7 Å². The highest BCUT2D eigenvalue weighted by Gasteiger charge is 2.22. The molecular formula is C32H31NO6S. The molecule has 206 valence electrons. The Morgan fingerprint density at radius 1 is 0.900 bits per heavy atom. The summed E-state index contributed by atoms with van der Waals surface area (Å²) in [5.41, 5.74) is 3.38. The summed E-state index contributed by atoms with van der Waals surface area (Å²) >= 11 is 1.60. The number of carbonyl (C=O) groups excluding carboxylic acids is 4. The van der Waals surface area contributed by atoms with Gasteiger partial charge >= 0.3 is 12.1 Å². The Bertz CT molecular complexity index is 1500. The van der Waals surface area contributed by atoms with Gasteiger partial charge in [-0.15, -0.1) is 11.3 Å². The number of hydrogen-bond donors (Lipinski definition) is 0. The molecule has 2 heterocycles. The summed E-state index contributed by atoms with van der Waals surface area (Å²) in [5.74, 6) is 0.881. The molecule has 0 N–H and O–H groups in total. The van der Waals surface area contributed by atoms with Gasteiger partial charge in [0.05, 0.1) is 0 Å². The summed E-state index contributed by atoms with van der Waals surface area (Å²) in [6.45, 7) is 7.32. The van der Waals surface area contributed by atoms with Gasteiger partial charge in [0.1, 0.15) is 18.1 Å². The summed E-state index contributed by atoms with van der Waals surface area (Å²) in [7, 11) is 0. The Balaban J connectivity index is 0.00000118. The van der Waals surface area contributed by atoms with E-state index in [1.165, 1.54) is 26.2 Å². The molecule has 0 bridgehead atoms. The highest BCUT2D eigenvalue weighted by Crippen LogP contribution is 2.41. The minimum Gasteiger partial charge on any atom is -0.492 e. The van der Waals surface area contributed by atoms with Crippen LogP contribution in [0.2, 0.25) is 0 Å². The van der Waals surface area contributed by atoms with Crippen LogP contribution in [-0.2, 0) is 14.4 Å². The van der Waals surface area contributed by atoms with Crippen molar-refractivity contribution in [1.29, 1.82) is 0 Å². The van der Waals surface area contributed by atoms with Crippen molar-refractivity contribution in [3.05, 3.63) is 83.4 Å². The second-order valence-corrected chi connectivity index (χ2v) is 10.7. The first-order chi connectivity index (χ1) is 19.4. The van der Waals surface area contributed by atoms with E-state index in [0.717, 1.165) is 51.5 Å². The van der Waals surface area contributed by atoms with Crippen molar-refractivity contribution in [1.82, 2.24) is 4.90 Å². The SMILES string of the molecule is CC(=O)Oc1ccc(-c2sc3cc(C)ccc3c2C(=O)c2ccc(OCCN3CCCCC3)cc2)cc1.O=C=O. The van der Waals surface area contributed by atoms with Crippen molar-refractivity contribution in [3.63, 3.8) is 0 Å². The van der Waals surface area contributed by atoms with Crippen molar-refractivity contribution in [2.75, 3.05) is 26.2 Å². The van der Waals surface area contributed by atoms with Crippen LogP contribution in [0.5, 0.6) is 11.5 Å². The number of esters is 1. The largest absolute Gasteiger partial charge is 0.492 e. The second kappa shape index (κ2) is 13.8. The van der Waals surface area contributed by atoms with E-state index in [1.54, 1.807) is 23.5 Å². The van der Waals surface area contributed by atoms with Gasteiger partial charge in [-0.3, -0.25) is 14.5 Å². The van der Waals surface area contributed by atoms with Crippen LogP contribution in [0.25, 0.3) is 20.5 Å². The number of nitrogens with zero attached hydrogens (tertiary/aromatic N) is 1. The Hall–Kier alpha value is -4.10. The fourth-order valence-electron chi connectivity index (χ4n) is 4.80. The average Bonchev–Trinajstić information content (AvgIpc) is 3.32. The lowest BCUT2D eigenvalue weighted by Gasteiger charge is -2.26. The molecule has 1 saturated heterocycles. The van der Waals surface area contributed by atoms with Crippen molar-refractivity contribution in [2.24, 2.45) is 0 Å². The molecule has 1 aliphatic heterocycles. The lowest BCUT2D eigenvalue weighted by Crippen LogP contribution is -2.33. The van der Waals surface area contributed by atoms with E-state index < -0.39 is 0 Å². The third kappa shape index (κ3) is 7.30. The van der Waals surface area contributed by atoms with Crippen molar-refractivity contribution < 1.29 is 28.7 Å². The second-order valence-electron chi connectivity index (χ2n) is 9.61. The van der Waals surface area contributed by atoms with Gasteiger partial charge in [-0.25, -0.2) is 0 Å². The van der Waals surface area contributed by atoms with Crippen molar-refractivity contribution >= 4 is 39.3 Å². The monoisotopic (exact) mass is 557 g/mol. The molecule has 0 spiro atoms. The number of benzene rings is 3. The summed E-state index contributed by atoms with van der Waals surface area (Å²) in [6, 6.07) is 21.0. The standard InChI is InChI=1S/C31H31NO4S.CO2/c1-21-6-15-27-28(20-21)37-31(24-9-13-26(14-10-24)36-22(2)33)29(27)30(34)23-7-11-25(12-8-23)35-19-18-32-16-4-3-5-17-32;2-1-3/h6-15,20H,3-5,16-19H2,1-2H3;. The van der Waals surface area contributed by atoms with Crippen molar-refractivity contribution in [3.8, 4) is 21.9 Å². The van der Waals surface area contributed by atoms with Gasteiger partial charge in [-0.05, 0) is 98.6 Å². The third-order valence-corrected chi connectivity index (χ3v) is 7.89. The number of rotatable bonds is 8. The molecule has 1 aliphatic rings. The predicted octanol–water partition coefficient (Wildman–Crippen LogP) is 6.31. The minimum atomic E-state index is -0.361. The normalized spacial score (nSPS) is 13.2. The Labute approximate surface area is 237 Å². The third-order valence-electron chi connectivity index (χ3n) is 6.69. The Morgan fingerprint density at radius 3 is 2.20 bits per heavy atom. The van der Waals surface area contributed by atoms with Gasteiger partial charge in [0.15, 0.2) is 5.78 Å². The Morgan fingerprint density at radius 2 is 1.55 bits per heavy atom. The molecule has 1 fully saturated rings. The average molecular weight is 558 g/mol. The van der Waals surface area contributed by atoms with E-state index in [4.69, 9.17) is 19.1 Å². The molecule has 5 rings (SSSR count). The Kier molecular flexibility index (Phi) is 9.97. The number of thiophene rings is 1. The van der Waals surface area contributed by atoms with Crippen LogP contribution < -0.4 is 9.47 Å². The maximum Gasteiger partial charge on any atom is 0.373 e. The molecule has 0 saturated carbocycles.